The Morgan fingerprint density at radius 1 is 1.55 bits per heavy atom. The third-order valence-corrected chi connectivity index (χ3v) is 3.32. The molecule has 2 fully saturated rings. The highest BCUT2D eigenvalue weighted by molar-refractivity contribution is 5.89. The Hall–Kier alpha value is -0.530. The smallest absolute Gasteiger partial charge is 0.228 e. The zero-order valence-electron chi connectivity index (χ0n) is 7.18. The SMILES string of the molecule is CC(C)C1CC2(CNC2=O)C1. The van der Waals surface area contributed by atoms with Gasteiger partial charge in [-0.25, -0.2) is 0 Å². The maximum Gasteiger partial charge on any atom is 0.228 e. The minimum Gasteiger partial charge on any atom is -0.354 e. The fourth-order valence-corrected chi connectivity index (χ4v) is 2.16. The van der Waals surface area contributed by atoms with Crippen molar-refractivity contribution in [3.05, 3.63) is 0 Å². The quantitative estimate of drug-likeness (QED) is 0.563. The maximum absolute atomic E-state index is 11.1. The van der Waals surface area contributed by atoms with Crippen LogP contribution in [0.4, 0.5) is 0 Å². The molecule has 1 aliphatic heterocycles. The van der Waals surface area contributed by atoms with Crippen LogP contribution in [0, 0.1) is 17.3 Å². The minimum absolute atomic E-state index is 0.106. The van der Waals surface area contributed by atoms with Crippen molar-refractivity contribution >= 4 is 5.91 Å². The molecule has 1 aliphatic carbocycles. The Balaban J connectivity index is 1.92. The molecule has 1 spiro atoms. The first-order chi connectivity index (χ1) is 5.14. The molecule has 0 aromatic carbocycles. The largest absolute Gasteiger partial charge is 0.354 e. The summed E-state index contributed by atoms with van der Waals surface area (Å²) in [5, 5.41) is 2.82. The van der Waals surface area contributed by atoms with Gasteiger partial charge in [-0.05, 0) is 24.7 Å². The topological polar surface area (TPSA) is 29.1 Å². The van der Waals surface area contributed by atoms with Gasteiger partial charge in [-0.2, -0.15) is 0 Å². The van der Waals surface area contributed by atoms with E-state index >= 15 is 0 Å². The predicted molar refractivity (Wildman–Crippen MR) is 43.0 cm³/mol. The molecule has 0 bridgehead atoms. The number of hydrogen-bond acceptors (Lipinski definition) is 1. The van der Waals surface area contributed by atoms with Gasteiger partial charge in [0.2, 0.25) is 5.91 Å². The van der Waals surface area contributed by atoms with E-state index in [0.717, 1.165) is 31.2 Å². The molecule has 1 saturated carbocycles. The van der Waals surface area contributed by atoms with E-state index in [9.17, 15) is 4.79 Å². The molecular formula is C9H15NO. The van der Waals surface area contributed by atoms with E-state index in [1.807, 2.05) is 0 Å². The van der Waals surface area contributed by atoms with Crippen molar-refractivity contribution in [2.75, 3.05) is 6.54 Å². The Morgan fingerprint density at radius 3 is 2.45 bits per heavy atom. The monoisotopic (exact) mass is 153 g/mol. The van der Waals surface area contributed by atoms with Crippen molar-refractivity contribution in [2.45, 2.75) is 26.7 Å². The lowest BCUT2D eigenvalue weighted by Gasteiger charge is -2.53. The number of rotatable bonds is 1. The molecule has 1 N–H and O–H groups in total. The third kappa shape index (κ3) is 0.815. The molecule has 62 valence electrons. The number of amides is 1. The summed E-state index contributed by atoms with van der Waals surface area (Å²) in [5.74, 6) is 1.87. The molecule has 2 nitrogen and oxygen atoms in total. The molecule has 2 aliphatic rings. The van der Waals surface area contributed by atoms with Gasteiger partial charge >= 0.3 is 0 Å². The van der Waals surface area contributed by atoms with Crippen LogP contribution in [-0.4, -0.2) is 12.5 Å². The van der Waals surface area contributed by atoms with Gasteiger partial charge in [-0.1, -0.05) is 13.8 Å². The normalized spacial score (nSPS) is 41.7. The summed E-state index contributed by atoms with van der Waals surface area (Å²) in [7, 11) is 0. The first kappa shape index (κ1) is 7.14. The van der Waals surface area contributed by atoms with Gasteiger partial charge in [0.1, 0.15) is 0 Å². The highest BCUT2D eigenvalue weighted by Gasteiger charge is 2.55. The van der Waals surface area contributed by atoms with E-state index in [1.54, 1.807) is 0 Å². The highest BCUT2D eigenvalue weighted by atomic mass is 16.2. The van der Waals surface area contributed by atoms with Crippen molar-refractivity contribution in [1.29, 1.82) is 0 Å². The lowest BCUT2D eigenvalue weighted by molar-refractivity contribution is -0.153. The Morgan fingerprint density at radius 2 is 2.18 bits per heavy atom. The second-order valence-electron chi connectivity index (χ2n) is 4.38. The summed E-state index contributed by atoms with van der Waals surface area (Å²) < 4.78 is 0. The van der Waals surface area contributed by atoms with Crippen molar-refractivity contribution < 1.29 is 4.79 Å². The van der Waals surface area contributed by atoms with Gasteiger partial charge in [-0.3, -0.25) is 4.79 Å². The molecule has 0 atom stereocenters. The summed E-state index contributed by atoms with van der Waals surface area (Å²) in [4.78, 5) is 11.1. The van der Waals surface area contributed by atoms with Crippen molar-refractivity contribution in [3.63, 3.8) is 0 Å². The number of β-lactam (4-membered cyclic amide) rings is 1. The molecule has 11 heavy (non-hydrogen) atoms. The van der Waals surface area contributed by atoms with Gasteiger partial charge in [-0.15, -0.1) is 0 Å². The molecular weight excluding hydrogens is 138 g/mol. The number of nitrogens with one attached hydrogen (secondary N) is 1. The van der Waals surface area contributed by atoms with Crippen molar-refractivity contribution in [2.24, 2.45) is 17.3 Å². The molecule has 1 heterocycles. The lowest BCUT2D eigenvalue weighted by atomic mass is 9.55. The van der Waals surface area contributed by atoms with Crippen LogP contribution in [0.1, 0.15) is 26.7 Å². The molecule has 2 heteroatoms. The van der Waals surface area contributed by atoms with Crippen LogP contribution in [0.25, 0.3) is 0 Å². The van der Waals surface area contributed by atoms with Gasteiger partial charge < -0.3 is 5.32 Å². The van der Waals surface area contributed by atoms with Crippen LogP contribution in [0.15, 0.2) is 0 Å². The van der Waals surface area contributed by atoms with Gasteiger partial charge in [0.25, 0.3) is 0 Å². The van der Waals surface area contributed by atoms with E-state index in [-0.39, 0.29) is 5.41 Å². The third-order valence-electron chi connectivity index (χ3n) is 3.32. The minimum atomic E-state index is 0.106. The standard InChI is InChI=1S/C9H15NO/c1-6(2)7-3-9(4-7)5-10-8(9)11/h6-7H,3-5H2,1-2H3,(H,10,11). The summed E-state index contributed by atoms with van der Waals surface area (Å²) in [6, 6.07) is 0. The average Bonchev–Trinajstić information content (AvgIpc) is 1.81. The van der Waals surface area contributed by atoms with Crippen LogP contribution < -0.4 is 5.32 Å². The molecule has 1 saturated heterocycles. The van der Waals surface area contributed by atoms with Gasteiger partial charge in [0.15, 0.2) is 0 Å². The molecule has 0 aromatic heterocycles. The van der Waals surface area contributed by atoms with E-state index in [2.05, 4.69) is 19.2 Å². The molecule has 0 unspecified atom stereocenters. The lowest BCUT2D eigenvalue weighted by Crippen LogP contribution is -2.65. The summed E-state index contributed by atoms with van der Waals surface area (Å²) >= 11 is 0. The van der Waals surface area contributed by atoms with Gasteiger partial charge in [0, 0.05) is 6.54 Å². The molecule has 2 rings (SSSR count). The van der Waals surface area contributed by atoms with Crippen LogP contribution in [0.2, 0.25) is 0 Å². The average molecular weight is 153 g/mol. The van der Waals surface area contributed by atoms with Crippen LogP contribution in [-0.2, 0) is 4.79 Å². The Kier molecular flexibility index (Phi) is 1.29. The van der Waals surface area contributed by atoms with E-state index in [4.69, 9.17) is 0 Å². The van der Waals surface area contributed by atoms with Crippen molar-refractivity contribution in [1.82, 2.24) is 5.32 Å². The fourth-order valence-electron chi connectivity index (χ4n) is 2.16. The zero-order valence-corrected chi connectivity index (χ0v) is 7.18. The van der Waals surface area contributed by atoms with E-state index in [1.165, 1.54) is 0 Å². The van der Waals surface area contributed by atoms with E-state index < -0.39 is 0 Å². The zero-order chi connectivity index (χ0) is 8.06. The number of carbonyl (C=O) groups excluding carboxylic acids is 1. The fraction of sp³-hybridized carbons (Fsp3) is 0.889. The Labute approximate surface area is 67.4 Å². The molecule has 0 radical (unpaired) electrons. The summed E-state index contributed by atoms with van der Waals surface area (Å²) in [6.07, 6.45) is 2.27. The number of hydrogen-bond donors (Lipinski definition) is 1. The first-order valence-electron chi connectivity index (χ1n) is 4.42. The first-order valence-corrected chi connectivity index (χ1v) is 4.42. The van der Waals surface area contributed by atoms with Crippen LogP contribution in [0.3, 0.4) is 0 Å². The van der Waals surface area contributed by atoms with Crippen LogP contribution >= 0.6 is 0 Å². The molecule has 0 aromatic rings. The van der Waals surface area contributed by atoms with Crippen molar-refractivity contribution in [3.8, 4) is 0 Å². The Bertz CT molecular complexity index is 192. The van der Waals surface area contributed by atoms with E-state index in [0.29, 0.717) is 5.91 Å². The summed E-state index contributed by atoms with van der Waals surface area (Å²) in [5.41, 5.74) is 0.106. The van der Waals surface area contributed by atoms with Crippen LogP contribution in [0.5, 0.6) is 0 Å². The number of carbonyl (C=O) groups is 1. The summed E-state index contributed by atoms with van der Waals surface area (Å²) in [6.45, 7) is 5.43. The van der Waals surface area contributed by atoms with Gasteiger partial charge in [0.05, 0.1) is 5.41 Å². The highest BCUT2D eigenvalue weighted by Crippen LogP contribution is 2.51. The molecule has 1 amide bonds. The second-order valence-corrected chi connectivity index (χ2v) is 4.38. The second kappa shape index (κ2) is 1.99. The predicted octanol–water partition coefficient (Wildman–Crippen LogP) is 1.17. The maximum atomic E-state index is 11.1.